The van der Waals surface area contributed by atoms with Gasteiger partial charge < -0.3 is 33.4 Å². The molecule has 0 aliphatic heterocycles. The molecule has 0 aromatic carbocycles. The van der Waals surface area contributed by atoms with Crippen LogP contribution in [0.5, 0.6) is 0 Å². The van der Waals surface area contributed by atoms with E-state index in [1.165, 1.54) is 64.2 Å². The smallest absolute Gasteiger partial charge is 0.376 e. The first-order chi connectivity index (χ1) is 14.1. The van der Waals surface area contributed by atoms with Crippen molar-refractivity contribution >= 4 is 18.3 Å². The maximum atomic E-state index is 5.36. The van der Waals surface area contributed by atoms with E-state index in [1.807, 2.05) is 0 Å². The summed E-state index contributed by atoms with van der Waals surface area (Å²) in [6.45, 7) is 0. The van der Waals surface area contributed by atoms with Crippen LogP contribution in [0.2, 0.25) is 0 Å². The molecule has 2 rings (SSSR count). The van der Waals surface area contributed by atoms with Crippen molar-refractivity contribution in [3.63, 3.8) is 0 Å². The summed E-state index contributed by atoms with van der Waals surface area (Å²) in [6, 6.07) is 1.39. The van der Waals surface area contributed by atoms with Crippen LogP contribution in [-0.2, 0) is 22.8 Å². The number of nitrogens with one attached hydrogen (secondary N) is 2. The molecular formula is C20H46N2O5Si2. The molecule has 2 N–H and O–H groups in total. The molecule has 0 saturated heterocycles. The normalized spacial score (nSPS) is 19.7. The SMILES string of the molecule is COC(OC)[SiH2]CNC1CCCCC1.CO[Si](CNC1CCCCC1)(OC)OC. The van der Waals surface area contributed by atoms with Gasteiger partial charge in [-0.2, -0.15) is 0 Å². The van der Waals surface area contributed by atoms with Crippen molar-refractivity contribution in [1.82, 2.24) is 10.6 Å². The maximum absolute atomic E-state index is 5.36. The van der Waals surface area contributed by atoms with Crippen molar-refractivity contribution in [3.05, 3.63) is 0 Å². The third-order valence-electron chi connectivity index (χ3n) is 6.09. The summed E-state index contributed by atoms with van der Waals surface area (Å²) in [5.74, 6) is 0.0890. The molecule has 0 atom stereocenters. The Morgan fingerprint density at radius 1 is 0.724 bits per heavy atom. The van der Waals surface area contributed by atoms with E-state index in [0.717, 1.165) is 12.2 Å². The average molecular weight is 451 g/mol. The van der Waals surface area contributed by atoms with Gasteiger partial charge in [0.25, 0.3) is 0 Å². The number of hydrogen-bond acceptors (Lipinski definition) is 7. The van der Waals surface area contributed by atoms with E-state index in [0.29, 0.717) is 12.2 Å². The van der Waals surface area contributed by atoms with Crippen molar-refractivity contribution < 1.29 is 22.8 Å². The first kappa shape index (κ1) is 27.2. The van der Waals surface area contributed by atoms with Gasteiger partial charge in [0, 0.05) is 47.6 Å². The fourth-order valence-electron chi connectivity index (χ4n) is 4.09. The topological polar surface area (TPSA) is 70.2 Å². The van der Waals surface area contributed by atoms with E-state index < -0.39 is 8.80 Å². The summed E-state index contributed by atoms with van der Waals surface area (Å²) in [6.07, 6.45) is 15.4. The number of methoxy groups -OCH3 is 2. The van der Waals surface area contributed by atoms with Crippen LogP contribution in [-0.4, -0.2) is 84.2 Å². The van der Waals surface area contributed by atoms with E-state index in [4.69, 9.17) is 22.8 Å². The molecule has 0 radical (unpaired) electrons. The molecular weight excluding hydrogens is 404 g/mol. The van der Waals surface area contributed by atoms with E-state index in [-0.39, 0.29) is 15.4 Å². The zero-order chi connectivity index (χ0) is 21.4. The summed E-state index contributed by atoms with van der Waals surface area (Å²) in [7, 11) is 5.72. The third-order valence-corrected chi connectivity index (χ3v) is 10.3. The van der Waals surface area contributed by atoms with Gasteiger partial charge in [-0.15, -0.1) is 0 Å². The molecule has 9 heteroatoms. The summed E-state index contributed by atoms with van der Waals surface area (Å²) in [5, 5.41) is 7.12. The molecule has 0 unspecified atom stereocenters. The minimum atomic E-state index is -2.41. The minimum absolute atomic E-state index is 0.0890. The Balaban J connectivity index is 0.000000291. The van der Waals surface area contributed by atoms with E-state index in [1.54, 1.807) is 35.5 Å². The van der Waals surface area contributed by atoms with Crippen LogP contribution in [0.25, 0.3) is 0 Å². The fourth-order valence-corrected chi connectivity index (χ4v) is 6.84. The molecule has 0 spiro atoms. The highest BCUT2D eigenvalue weighted by molar-refractivity contribution is 6.60. The van der Waals surface area contributed by atoms with Crippen molar-refractivity contribution in [2.24, 2.45) is 0 Å². The number of hydrogen-bond donors (Lipinski definition) is 2. The lowest BCUT2D eigenvalue weighted by atomic mass is 9.96. The monoisotopic (exact) mass is 450 g/mol. The van der Waals surface area contributed by atoms with Crippen molar-refractivity contribution in [1.29, 1.82) is 0 Å². The first-order valence-electron chi connectivity index (χ1n) is 11.3. The van der Waals surface area contributed by atoms with Crippen molar-refractivity contribution in [2.45, 2.75) is 82.2 Å². The lowest BCUT2D eigenvalue weighted by Gasteiger charge is -2.29. The number of rotatable bonds is 12. The second-order valence-electron chi connectivity index (χ2n) is 7.99. The van der Waals surface area contributed by atoms with Crippen molar-refractivity contribution in [3.8, 4) is 0 Å². The van der Waals surface area contributed by atoms with Crippen LogP contribution in [0.4, 0.5) is 0 Å². The lowest BCUT2D eigenvalue weighted by Crippen LogP contribution is -2.54. The summed E-state index contributed by atoms with van der Waals surface area (Å²) >= 11 is 0. The summed E-state index contributed by atoms with van der Waals surface area (Å²) in [5.41, 5.74) is 0. The first-order valence-corrected chi connectivity index (χ1v) is 15.1. The Morgan fingerprint density at radius 3 is 1.59 bits per heavy atom. The highest BCUT2D eigenvalue weighted by atomic mass is 28.4. The molecule has 7 nitrogen and oxygen atoms in total. The Hall–Kier alpha value is 0.154. The molecule has 0 heterocycles. The van der Waals surface area contributed by atoms with Crippen LogP contribution in [0.1, 0.15) is 64.2 Å². The van der Waals surface area contributed by atoms with E-state index in [2.05, 4.69) is 10.6 Å². The fraction of sp³-hybridized carbons (Fsp3) is 1.00. The Morgan fingerprint density at radius 2 is 1.17 bits per heavy atom. The zero-order valence-corrected chi connectivity index (χ0v) is 21.9. The largest absolute Gasteiger partial charge is 0.514 e. The van der Waals surface area contributed by atoms with E-state index >= 15 is 0 Å². The molecule has 174 valence electrons. The second kappa shape index (κ2) is 16.8. The van der Waals surface area contributed by atoms with Gasteiger partial charge in [-0.1, -0.05) is 38.5 Å². The standard InChI is InChI=1S/C10H23NO3Si.C10H23NO2Si/c1-12-15(13-2,14-3)9-11-10-7-5-4-6-8-10;1-12-10(13-2)14-8-11-9-6-4-3-5-7-9/h10-11H,4-9H2,1-3H3;9-11H,3-8,14H2,1-2H3. The molecule has 2 fully saturated rings. The average Bonchev–Trinajstić information content (AvgIpc) is 2.80. The Kier molecular flexibility index (Phi) is 15.7. The maximum Gasteiger partial charge on any atom is 0.514 e. The van der Waals surface area contributed by atoms with Crippen LogP contribution in [0.3, 0.4) is 0 Å². The Labute approximate surface area is 182 Å². The highest BCUT2D eigenvalue weighted by Crippen LogP contribution is 2.18. The second-order valence-corrected chi connectivity index (χ2v) is 12.7. The van der Waals surface area contributed by atoms with Gasteiger partial charge in [0.1, 0.15) is 15.4 Å². The molecule has 0 aromatic heterocycles. The van der Waals surface area contributed by atoms with Gasteiger partial charge in [0.2, 0.25) is 0 Å². The molecule has 29 heavy (non-hydrogen) atoms. The van der Waals surface area contributed by atoms with Gasteiger partial charge in [-0.25, -0.2) is 0 Å². The minimum Gasteiger partial charge on any atom is -0.376 e. The molecule has 0 amide bonds. The van der Waals surface area contributed by atoms with E-state index in [9.17, 15) is 0 Å². The van der Waals surface area contributed by atoms with Gasteiger partial charge in [0.15, 0.2) is 0 Å². The molecule has 2 aliphatic carbocycles. The van der Waals surface area contributed by atoms with Crippen molar-refractivity contribution in [2.75, 3.05) is 47.9 Å². The Bertz CT molecular complexity index is 368. The molecule has 2 aliphatic rings. The molecule has 0 aromatic rings. The highest BCUT2D eigenvalue weighted by Gasteiger charge is 2.38. The van der Waals surface area contributed by atoms with Gasteiger partial charge in [0.05, 0.1) is 6.17 Å². The van der Waals surface area contributed by atoms with Crippen LogP contribution >= 0.6 is 0 Å². The molecule has 0 bridgehead atoms. The predicted octanol–water partition coefficient (Wildman–Crippen LogP) is 1.94. The summed E-state index contributed by atoms with van der Waals surface area (Å²) < 4.78 is 26.5. The lowest BCUT2D eigenvalue weighted by molar-refractivity contribution is -0.0442. The summed E-state index contributed by atoms with van der Waals surface area (Å²) in [4.78, 5) is 0. The zero-order valence-electron chi connectivity index (χ0n) is 19.5. The van der Waals surface area contributed by atoms with Crippen LogP contribution in [0, 0.1) is 0 Å². The van der Waals surface area contributed by atoms with Crippen LogP contribution in [0.15, 0.2) is 0 Å². The van der Waals surface area contributed by atoms with Gasteiger partial charge >= 0.3 is 8.80 Å². The van der Waals surface area contributed by atoms with Crippen LogP contribution < -0.4 is 10.6 Å². The van der Waals surface area contributed by atoms with Gasteiger partial charge in [-0.05, 0) is 31.9 Å². The quantitative estimate of drug-likeness (QED) is 0.348. The molecule has 2 saturated carbocycles. The number of ether oxygens (including phenoxy) is 2. The predicted molar refractivity (Wildman–Crippen MR) is 123 cm³/mol. The third kappa shape index (κ3) is 11.4. The van der Waals surface area contributed by atoms with Gasteiger partial charge in [-0.3, -0.25) is 0 Å².